The fourth-order valence-corrected chi connectivity index (χ4v) is 5.52. The smallest absolute Gasteiger partial charge is 0.297 e. The molecule has 0 saturated heterocycles. The molecule has 3 heterocycles. The quantitative estimate of drug-likeness (QED) is 0.312. The Morgan fingerprint density at radius 1 is 1.09 bits per heavy atom. The Hall–Kier alpha value is -4.04. The third-order valence-corrected chi connectivity index (χ3v) is 7.09. The molecule has 35 heavy (non-hydrogen) atoms. The molecule has 0 bridgehead atoms. The lowest BCUT2D eigenvalue weighted by Gasteiger charge is -2.22. The highest BCUT2D eigenvalue weighted by molar-refractivity contribution is 7.22. The van der Waals surface area contributed by atoms with Crippen LogP contribution in [0.5, 0.6) is 5.75 Å². The number of hydrogen-bond acceptors (Lipinski definition) is 6. The van der Waals surface area contributed by atoms with Crippen LogP contribution >= 0.6 is 11.3 Å². The van der Waals surface area contributed by atoms with Crippen LogP contribution in [0.1, 0.15) is 40.2 Å². The van der Waals surface area contributed by atoms with Gasteiger partial charge in [-0.2, -0.15) is 0 Å². The Morgan fingerprint density at radius 3 is 2.66 bits per heavy atom. The summed E-state index contributed by atoms with van der Waals surface area (Å²) < 4.78 is 26.2. The molecule has 1 aliphatic rings. The van der Waals surface area contributed by atoms with Crippen molar-refractivity contribution in [1.82, 2.24) is 4.98 Å². The average molecular weight is 487 g/mol. The van der Waals surface area contributed by atoms with Gasteiger partial charge in [0.1, 0.15) is 17.1 Å². The maximum atomic E-state index is 13.8. The second-order valence-electron chi connectivity index (χ2n) is 8.36. The maximum absolute atomic E-state index is 13.8. The SMILES string of the molecule is CCOc1ccc2nc(N3C(=O)c4oc5ccc(C)cc5c(=O)c4[C@H]3c3ccc(F)cc3)sc2c1. The molecule has 3 aromatic carbocycles. The first kappa shape index (κ1) is 21.5. The van der Waals surface area contributed by atoms with Gasteiger partial charge < -0.3 is 9.15 Å². The van der Waals surface area contributed by atoms with Crippen LogP contribution in [0, 0.1) is 12.7 Å². The second-order valence-corrected chi connectivity index (χ2v) is 9.37. The van der Waals surface area contributed by atoms with Crippen LogP contribution in [0.25, 0.3) is 21.2 Å². The second kappa shape index (κ2) is 8.02. The normalized spacial score (nSPS) is 15.2. The molecule has 0 radical (unpaired) electrons. The molecular formula is C27H19FN2O4S. The van der Waals surface area contributed by atoms with Crippen molar-refractivity contribution in [2.75, 3.05) is 11.5 Å². The van der Waals surface area contributed by atoms with E-state index in [1.54, 1.807) is 24.3 Å². The van der Waals surface area contributed by atoms with Crippen molar-refractivity contribution in [1.29, 1.82) is 0 Å². The van der Waals surface area contributed by atoms with Gasteiger partial charge in [0.15, 0.2) is 10.6 Å². The lowest BCUT2D eigenvalue weighted by atomic mass is 9.98. The summed E-state index contributed by atoms with van der Waals surface area (Å²) >= 11 is 1.32. The van der Waals surface area contributed by atoms with Crippen molar-refractivity contribution in [3.8, 4) is 5.75 Å². The monoisotopic (exact) mass is 486 g/mol. The first-order chi connectivity index (χ1) is 16.9. The van der Waals surface area contributed by atoms with Gasteiger partial charge in [0.2, 0.25) is 5.76 Å². The van der Waals surface area contributed by atoms with Crippen molar-refractivity contribution in [2.24, 2.45) is 0 Å². The number of aromatic nitrogens is 1. The summed E-state index contributed by atoms with van der Waals surface area (Å²) in [6, 6.07) is 15.8. The summed E-state index contributed by atoms with van der Waals surface area (Å²) in [6.07, 6.45) is 0. The largest absolute Gasteiger partial charge is 0.494 e. The molecule has 1 amide bonds. The summed E-state index contributed by atoms with van der Waals surface area (Å²) in [4.78, 5) is 33.6. The maximum Gasteiger partial charge on any atom is 0.297 e. The summed E-state index contributed by atoms with van der Waals surface area (Å²) in [5.41, 5.74) is 2.49. The van der Waals surface area contributed by atoms with Gasteiger partial charge in [-0.15, -0.1) is 0 Å². The zero-order chi connectivity index (χ0) is 24.3. The van der Waals surface area contributed by atoms with Gasteiger partial charge in [0.05, 0.1) is 33.8 Å². The third kappa shape index (κ3) is 3.40. The number of carbonyl (C=O) groups is 1. The highest BCUT2D eigenvalue weighted by Crippen LogP contribution is 2.44. The number of amides is 1. The average Bonchev–Trinajstić information content (AvgIpc) is 3.39. The fraction of sp³-hybridized carbons (Fsp3) is 0.148. The number of thiazole rings is 1. The minimum Gasteiger partial charge on any atom is -0.494 e. The molecule has 0 saturated carbocycles. The molecule has 2 aromatic heterocycles. The van der Waals surface area contributed by atoms with E-state index in [2.05, 4.69) is 4.98 Å². The molecule has 0 aliphatic carbocycles. The Kier molecular flexibility index (Phi) is 4.93. The molecule has 0 fully saturated rings. The number of ether oxygens (including phenoxy) is 1. The molecule has 6 rings (SSSR count). The number of hydrogen-bond donors (Lipinski definition) is 0. The Balaban J connectivity index is 1.59. The third-order valence-electron chi connectivity index (χ3n) is 6.08. The zero-order valence-corrected chi connectivity index (χ0v) is 19.7. The standard InChI is InChI=1S/C27H19FN2O4S/c1-3-33-17-9-10-19-21(13-17)35-27(29-19)30-23(15-5-7-16(28)8-6-15)22-24(31)18-12-14(2)4-11-20(18)34-25(22)26(30)32/h4-13,23H,3H2,1-2H3/t23-/m1/s1. The van der Waals surface area contributed by atoms with Gasteiger partial charge in [-0.3, -0.25) is 14.5 Å². The van der Waals surface area contributed by atoms with Gasteiger partial charge in [-0.1, -0.05) is 35.1 Å². The van der Waals surface area contributed by atoms with Gasteiger partial charge >= 0.3 is 0 Å². The predicted molar refractivity (Wildman–Crippen MR) is 133 cm³/mol. The molecule has 0 unspecified atom stereocenters. The Morgan fingerprint density at radius 2 is 1.89 bits per heavy atom. The van der Waals surface area contributed by atoms with E-state index in [0.717, 1.165) is 10.3 Å². The molecular weight excluding hydrogens is 467 g/mol. The number of aryl methyl sites for hydroxylation is 1. The fourth-order valence-electron chi connectivity index (χ4n) is 4.50. The number of fused-ring (bicyclic) bond motifs is 3. The van der Waals surface area contributed by atoms with E-state index in [1.807, 2.05) is 38.1 Å². The van der Waals surface area contributed by atoms with Crippen molar-refractivity contribution in [3.05, 3.63) is 99.2 Å². The molecule has 5 aromatic rings. The van der Waals surface area contributed by atoms with Crippen molar-refractivity contribution >= 4 is 43.6 Å². The Bertz CT molecular complexity index is 1690. The van der Waals surface area contributed by atoms with Crippen molar-refractivity contribution < 1.29 is 18.3 Å². The Labute approximate surface area is 203 Å². The summed E-state index contributed by atoms with van der Waals surface area (Å²) in [5.74, 6) is -0.179. The van der Waals surface area contributed by atoms with Crippen LogP contribution in [0.3, 0.4) is 0 Å². The van der Waals surface area contributed by atoms with Crippen LogP contribution in [-0.4, -0.2) is 17.5 Å². The van der Waals surface area contributed by atoms with E-state index < -0.39 is 17.8 Å². The van der Waals surface area contributed by atoms with Crippen LogP contribution < -0.4 is 15.1 Å². The lowest BCUT2D eigenvalue weighted by Crippen LogP contribution is -2.29. The molecule has 0 spiro atoms. The lowest BCUT2D eigenvalue weighted by molar-refractivity contribution is 0.0971. The van der Waals surface area contributed by atoms with Crippen LogP contribution in [0.4, 0.5) is 9.52 Å². The van der Waals surface area contributed by atoms with Crippen molar-refractivity contribution in [3.63, 3.8) is 0 Å². The number of rotatable bonds is 4. The number of nitrogens with zero attached hydrogens (tertiary/aromatic N) is 2. The first-order valence-electron chi connectivity index (χ1n) is 11.1. The van der Waals surface area contributed by atoms with Gasteiger partial charge in [-0.25, -0.2) is 9.37 Å². The highest BCUT2D eigenvalue weighted by Gasteiger charge is 2.45. The number of carbonyl (C=O) groups excluding carboxylic acids is 1. The number of anilines is 1. The number of halogens is 1. The zero-order valence-electron chi connectivity index (χ0n) is 18.9. The van der Waals surface area contributed by atoms with Crippen LogP contribution in [-0.2, 0) is 0 Å². The molecule has 174 valence electrons. The van der Waals surface area contributed by atoms with E-state index in [9.17, 15) is 14.0 Å². The minimum atomic E-state index is -0.800. The molecule has 6 nitrogen and oxygen atoms in total. The molecule has 8 heteroatoms. The van der Waals surface area contributed by atoms with Gasteiger partial charge in [0.25, 0.3) is 5.91 Å². The summed E-state index contributed by atoms with van der Waals surface area (Å²) in [7, 11) is 0. The minimum absolute atomic E-state index is 0.0186. The van der Waals surface area contributed by atoms with Crippen LogP contribution in [0.2, 0.25) is 0 Å². The summed E-state index contributed by atoms with van der Waals surface area (Å²) in [5, 5.41) is 0.815. The van der Waals surface area contributed by atoms with E-state index >= 15 is 0 Å². The van der Waals surface area contributed by atoms with Crippen molar-refractivity contribution in [2.45, 2.75) is 19.9 Å². The predicted octanol–water partition coefficient (Wildman–Crippen LogP) is 6.00. The molecule has 1 atom stereocenters. The van der Waals surface area contributed by atoms with Crippen LogP contribution in [0.15, 0.2) is 69.9 Å². The molecule has 0 N–H and O–H groups in total. The first-order valence-corrected chi connectivity index (χ1v) is 12.0. The van der Waals surface area contributed by atoms with E-state index in [0.29, 0.717) is 39.5 Å². The molecule has 1 aliphatic heterocycles. The highest BCUT2D eigenvalue weighted by atomic mass is 32.1. The van der Waals surface area contributed by atoms with E-state index in [-0.39, 0.29) is 16.8 Å². The summed E-state index contributed by atoms with van der Waals surface area (Å²) in [6.45, 7) is 4.33. The topological polar surface area (TPSA) is 72.6 Å². The number of benzene rings is 3. The van der Waals surface area contributed by atoms with Gasteiger partial charge in [-0.05, 0) is 61.9 Å². The van der Waals surface area contributed by atoms with E-state index in [4.69, 9.17) is 9.15 Å². The van der Waals surface area contributed by atoms with E-state index in [1.165, 1.54) is 28.4 Å². The van der Waals surface area contributed by atoms with Gasteiger partial charge in [0, 0.05) is 0 Å².